The molecule has 0 spiro atoms. The van der Waals surface area contributed by atoms with Gasteiger partial charge in [-0.3, -0.25) is 9.59 Å². The van der Waals surface area contributed by atoms with Crippen molar-refractivity contribution in [3.63, 3.8) is 0 Å². The Kier molecular flexibility index (Phi) is 6.95. The molecular formula is C14H27N3O3. The van der Waals surface area contributed by atoms with E-state index in [0.717, 1.165) is 6.54 Å². The number of hydrogen-bond donors (Lipinski definition) is 1. The molecule has 1 rings (SSSR count). The van der Waals surface area contributed by atoms with Gasteiger partial charge in [0.2, 0.25) is 11.8 Å². The lowest BCUT2D eigenvalue weighted by molar-refractivity contribution is -0.145. The van der Waals surface area contributed by atoms with Gasteiger partial charge >= 0.3 is 0 Å². The zero-order valence-corrected chi connectivity index (χ0v) is 13.0. The molecule has 0 aliphatic carbocycles. The fourth-order valence-electron chi connectivity index (χ4n) is 2.12. The quantitative estimate of drug-likeness (QED) is 0.635. The monoisotopic (exact) mass is 285 g/mol. The van der Waals surface area contributed by atoms with Crippen LogP contribution in [0.5, 0.6) is 0 Å². The van der Waals surface area contributed by atoms with Crippen LogP contribution in [0.15, 0.2) is 0 Å². The van der Waals surface area contributed by atoms with Gasteiger partial charge in [0.05, 0.1) is 19.8 Å². The van der Waals surface area contributed by atoms with Crippen LogP contribution < -0.4 is 5.32 Å². The van der Waals surface area contributed by atoms with Crippen molar-refractivity contribution >= 4 is 11.8 Å². The van der Waals surface area contributed by atoms with Crippen LogP contribution in [0.1, 0.15) is 20.3 Å². The van der Waals surface area contributed by atoms with Crippen LogP contribution in [-0.4, -0.2) is 74.6 Å². The molecule has 2 amide bonds. The minimum Gasteiger partial charge on any atom is -0.378 e. The van der Waals surface area contributed by atoms with Gasteiger partial charge in [-0.1, -0.05) is 13.8 Å². The largest absolute Gasteiger partial charge is 0.378 e. The van der Waals surface area contributed by atoms with Gasteiger partial charge in [-0.05, 0) is 26.4 Å². The van der Waals surface area contributed by atoms with Gasteiger partial charge in [0.15, 0.2) is 0 Å². The van der Waals surface area contributed by atoms with Gasteiger partial charge in [-0.2, -0.15) is 0 Å². The average molecular weight is 285 g/mol. The van der Waals surface area contributed by atoms with E-state index in [1.54, 1.807) is 4.90 Å². The minimum atomic E-state index is -0.377. The summed E-state index contributed by atoms with van der Waals surface area (Å²) in [6, 6.07) is -0.377. The highest BCUT2D eigenvalue weighted by atomic mass is 16.5. The van der Waals surface area contributed by atoms with Gasteiger partial charge in [0, 0.05) is 13.1 Å². The van der Waals surface area contributed by atoms with E-state index in [-0.39, 0.29) is 24.4 Å². The molecule has 1 fully saturated rings. The van der Waals surface area contributed by atoms with Gasteiger partial charge in [0.1, 0.15) is 6.04 Å². The molecule has 1 aliphatic heterocycles. The third-order valence-electron chi connectivity index (χ3n) is 3.17. The number of likely N-dealkylation sites (N-methyl/N-ethyl adjacent to an activating group) is 1. The Morgan fingerprint density at radius 2 is 2.05 bits per heavy atom. The van der Waals surface area contributed by atoms with Crippen molar-refractivity contribution in [1.29, 1.82) is 0 Å². The van der Waals surface area contributed by atoms with Gasteiger partial charge in [-0.25, -0.2) is 0 Å². The molecule has 0 aromatic rings. The first-order valence-electron chi connectivity index (χ1n) is 7.20. The molecule has 6 heteroatoms. The van der Waals surface area contributed by atoms with Crippen molar-refractivity contribution < 1.29 is 14.3 Å². The number of amides is 2. The summed E-state index contributed by atoms with van der Waals surface area (Å²) < 4.78 is 5.48. The third-order valence-corrected chi connectivity index (χ3v) is 3.17. The van der Waals surface area contributed by atoms with Crippen LogP contribution in [0.3, 0.4) is 0 Å². The number of ether oxygens (including phenoxy) is 1. The molecule has 0 aromatic carbocycles. The molecule has 6 nitrogen and oxygen atoms in total. The lowest BCUT2D eigenvalue weighted by Gasteiger charge is -2.33. The molecule has 1 N–H and O–H groups in total. The van der Waals surface area contributed by atoms with Gasteiger partial charge < -0.3 is 19.9 Å². The second kappa shape index (κ2) is 8.21. The molecular weight excluding hydrogens is 258 g/mol. The molecule has 20 heavy (non-hydrogen) atoms. The molecule has 1 unspecified atom stereocenters. The SMILES string of the molecule is CC(C)CC1NC(=O)CN(CCOCCN(C)C)C1=O. The summed E-state index contributed by atoms with van der Waals surface area (Å²) >= 11 is 0. The van der Waals surface area contributed by atoms with E-state index in [9.17, 15) is 9.59 Å². The predicted octanol–water partition coefficient (Wildman–Crippen LogP) is -0.0623. The first-order chi connectivity index (χ1) is 9.40. The number of carbonyl (C=O) groups excluding carboxylic acids is 2. The van der Waals surface area contributed by atoms with Crippen molar-refractivity contribution in [3.8, 4) is 0 Å². The highest BCUT2D eigenvalue weighted by Crippen LogP contribution is 2.11. The molecule has 1 saturated heterocycles. The van der Waals surface area contributed by atoms with E-state index < -0.39 is 0 Å². The fraction of sp³-hybridized carbons (Fsp3) is 0.857. The van der Waals surface area contributed by atoms with E-state index in [1.165, 1.54) is 0 Å². The second-order valence-corrected chi connectivity index (χ2v) is 5.93. The Balaban J connectivity index is 2.36. The number of hydrogen-bond acceptors (Lipinski definition) is 4. The minimum absolute atomic E-state index is 0.00881. The fourth-order valence-corrected chi connectivity index (χ4v) is 2.12. The zero-order valence-electron chi connectivity index (χ0n) is 13.0. The van der Waals surface area contributed by atoms with E-state index in [0.29, 0.717) is 32.1 Å². The zero-order chi connectivity index (χ0) is 15.1. The average Bonchev–Trinajstić information content (AvgIpc) is 2.33. The van der Waals surface area contributed by atoms with E-state index in [1.807, 2.05) is 32.8 Å². The Labute approximate surface area is 121 Å². The maximum Gasteiger partial charge on any atom is 0.245 e. The summed E-state index contributed by atoms with van der Waals surface area (Å²) in [7, 11) is 3.97. The first-order valence-corrected chi connectivity index (χ1v) is 7.20. The van der Waals surface area contributed by atoms with Crippen LogP contribution in [0.4, 0.5) is 0 Å². The van der Waals surface area contributed by atoms with Crippen LogP contribution in [0, 0.1) is 5.92 Å². The van der Waals surface area contributed by atoms with E-state index >= 15 is 0 Å². The van der Waals surface area contributed by atoms with E-state index in [4.69, 9.17) is 4.74 Å². The molecule has 1 atom stereocenters. The number of nitrogens with one attached hydrogen (secondary N) is 1. The highest BCUT2D eigenvalue weighted by Gasteiger charge is 2.32. The Morgan fingerprint density at radius 1 is 1.35 bits per heavy atom. The maximum absolute atomic E-state index is 12.2. The van der Waals surface area contributed by atoms with Crippen molar-refractivity contribution in [2.45, 2.75) is 26.3 Å². The smallest absolute Gasteiger partial charge is 0.245 e. The number of piperazine rings is 1. The summed E-state index contributed by atoms with van der Waals surface area (Å²) in [5.41, 5.74) is 0. The van der Waals surface area contributed by atoms with Crippen LogP contribution in [0.2, 0.25) is 0 Å². The Morgan fingerprint density at radius 3 is 2.65 bits per heavy atom. The maximum atomic E-state index is 12.2. The molecule has 1 aliphatic rings. The van der Waals surface area contributed by atoms with Crippen molar-refractivity contribution in [1.82, 2.24) is 15.1 Å². The molecule has 116 valence electrons. The summed E-state index contributed by atoms with van der Waals surface area (Å²) in [4.78, 5) is 27.5. The highest BCUT2D eigenvalue weighted by molar-refractivity contribution is 5.94. The summed E-state index contributed by atoms with van der Waals surface area (Å²) in [6.45, 7) is 6.67. The normalized spacial score (nSPS) is 19.9. The third kappa shape index (κ3) is 5.88. The molecule has 0 aromatic heterocycles. The predicted molar refractivity (Wildman–Crippen MR) is 77.3 cm³/mol. The van der Waals surface area contributed by atoms with Crippen molar-refractivity contribution in [3.05, 3.63) is 0 Å². The summed E-state index contributed by atoms with van der Waals surface area (Å²) in [5.74, 6) is 0.304. The Bertz CT molecular complexity index is 332. The Hall–Kier alpha value is -1.14. The number of rotatable bonds is 8. The molecule has 0 radical (unpaired) electrons. The van der Waals surface area contributed by atoms with Gasteiger partial charge in [0.25, 0.3) is 0 Å². The van der Waals surface area contributed by atoms with Crippen LogP contribution in [0.25, 0.3) is 0 Å². The van der Waals surface area contributed by atoms with Crippen LogP contribution in [-0.2, 0) is 14.3 Å². The molecule has 1 heterocycles. The summed E-state index contributed by atoms with van der Waals surface area (Å²) in [5, 5.41) is 2.77. The summed E-state index contributed by atoms with van der Waals surface area (Å²) in [6.07, 6.45) is 0.683. The topological polar surface area (TPSA) is 61.9 Å². The standard InChI is InChI=1S/C14H27N3O3/c1-11(2)9-12-14(19)17(10-13(18)15-12)6-8-20-7-5-16(3)4/h11-12H,5-10H2,1-4H3,(H,15,18). The van der Waals surface area contributed by atoms with Gasteiger partial charge in [-0.15, -0.1) is 0 Å². The van der Waals surface area contributed by atoms with E-state index in [2.05, 4.69) is 5.32 Å². The first kappa shape index (κ1) is 16.9. The van der Waals surface area contributed by atoms with Crippen molar-refractivity contribution in [2.75, 3.05) is 46.9 Å². The second-order valence-electron chi connectivity index (χ2n) is 5.93. The lowest BCUT2D eigenvalue weighted by Crippen LogP contribution is -2.58. The molecule has 0 bridgehead atoms. The lowest BCUT2D eigenvalue weighted by atomic mass is 10.0. The molecule has 0 saturated carbocycles. The number of nitrogens with zero attached hydrogens (tertiary/aromatic N) is 2. The van der Waals surface area contributed by atoms with Crippen molar-refractivity contribution in [2.24, 2.45) is 5.92 Å². The van der Waals surface area contributed by atoms with Crippen LogP contribution >= 0.6 is 0 Å². The number of carbonyl (C=O) groups is 2.